The largest absolute Gasteiger partial charge is 0.352 e. The molecule has 2 saturated heterocycles. The SMILES string of the molecule is O=C1CC[C@@H](Cn2ccn3nc(-c4cccc(-c5cccc(-c6cc7c(=O)n(C[C@@H]8CCC(=O)N8)ccn7n6)c5Cl)c4Cl)cc3c2=O)N1. The van der Waals surface area contributed by atoms with E-state index >= 15 is 0 Å². The van der Waals surface area contributed by atoms with Gasteiger partial charge in [0.1, 0.15) is 11.0 Å². The second-order valence-electron chi connectivity index (χ2n) is 12.2. The summed E-state index contributed by atoms with van der Waals surface area (Å²) in [5.74, 6) is -0.00600. The molecule has 12 nitrogen and oxygen atoms in total. The quantitative estimate of drug-likeness (QED) is 0.259. The Hall–Kier alpha value is -5.20. The van der Waals surface area contributed by atoms with Crippen LogP contribution < -0.4 is 21.8 Å². The highest BCUT2D eigenvalue weighted by atomic mass is 35.5. The van der Waals surface area contributed by atoms with Crippen molar-refractivity contribution in [1.82, 2.24) is 39.0 Å². The maximum absolute atomic E-state index is 13.3. The highest BCUT2D eigenvalue weighted by Crippen LogP contribution is 2.42. The number of aromatic nitrogens is 6. The molecule has 0 spiro atoms. The molecule has 0 aliphatic carbocycles. The third-order valence-corrected chi connectivity index (χ3v) is 9.87. The second kappa shape index (κ2) is 11.8. The van der Waals surface area contributed by atoms with Gasteiger partial charge in [-0.1, -0.05) is 59.6 Å². The highest BCUT2D eigenvalue weighted by Gasteiger charge is 2.24. The standard InChI is InChI=1S/C34H28Cl2N8O4/c35-31-21(3-1-5-23(31)25-15-27-33(47)41(11-13-43(27)39-25)17-19-7-9-29(45)37-19)22-4-2-6-24(32(22)36)26-16-28-34(48)42(12-14-44(28)40-26)18-20-8-10-30(46)38-20/h1-6,11-16,19-20H,7-10,17-18H2,(H,37,45)(H,38,46)/t19-,20-/m0/s1. The summed E-state index contributed by atoms with van der Waals surface area (Å²) < 4.78 is 6.23. The van der Waals surface area contributed by atoms with Gasteiger partial charge < -0.3 is 19.8 Å². The van der Waals surface area contributed by atoms with E-state index in [4.69, 9.17) is 23.2 Å². The molecular formula is C34H28Cl2N8O4. The number of halogens is 2. The highest BCUT2D eigenvalue weighted by molar-refractivity contribution is 6.39. The number of nitrogens with one attached hydrogen (secondary N) is 2. The number of nitrogens with zero attached hydrogens (tertiary/aromatic N) is 6. The molecule has 0 unspecified atom stereocenters. The fraction of sp³-hybridized carbons (Fsp3) is 0.235. The first kappa shape index (κ1) is 30.2. The third-order valence-electron chi connectivity index (χ3n) is 9.05. The zero-order chi connectivity index (χ0) is 33.1. The van der Waals surface area contributed by atoms with Gasteiger partial charge in [-0.05, 0) is 25.0 Å². The molecule has 2 aliphatic rings. The average molecular weight is 684 g/mol. The van der Waals surface area contributed by atoms with E-state index in [9.17, 15) is 19.2 Å². The van der Waals surface area contributed by atoms with Crippen LogP contribution in [0.2, 0.25) is 10.0 Å². The van der Waals surface area contributed by atoms with Gasteiger partial charge in [-0.15, -0.1) is 0 Å². The van der Waals surface area contributed by atoms with Crippen LogP contribution in [0.5, 0.6) is 0 Å². The number of hydrogen-bond acceptors (Lipinski definition) is 6. The first-order chi connectivity index (χ1) is 23.2. The van der Waals surface area contributed by atoms with E-state index in [1.54, 1.807) is 46.1 Å². The van der Waals surface area contributed by atoms with E-state index in [2.05, 4.69) is 20.8 Å². The molecule has 0 saturated carbocycles. The van der Waals surface area contributed by atoms with Crippen molar-refractivity contribution in [2.24, 2.45) is 0 Å². The van der Waals surface area contributed by atoms with E-state index in [1.807, 2.05) is 36.4 Å². The van der Waals surface area contributed by atoms with Gasteiger partial charge in [-0.25, -0.2) is 9.03 Å². The number of benzene rings is 2. The van der Waals surface area contributed by atoms with Crippen molar-refractivity contribution in [2.45, 2.75) is 50.9 Å². The lowest BCUT2D eigenvalue weighted by molar-refractivity contribution is -0.120. The zero-order valence-corrected chi connectivity index (χ0v) is 26.9. The predicted molar refractivity (Wildman–Crippen MR) is 181 cm³/mol. The summed E-state index contributed by atoms with van der Waals surface area (Å²) in [4.78, 5) is 49.9. The molecular weight excluding hydrogens is 655 g/mol. The first-order valence-electron chi connectivity index (χ1n) is 15.6. The number of rotatable bonds is 7. The van der Waals surface area contributed by atoms with Crippen LogP contribution in [0, 0.1) is 0 Å². The Morgan fingerprint density at radius 2 is 1.04 bits per heavy atom. The van der Waals surface area contributed by atoms with Crippen LogP contribution in [0.15, 0.2) is 82.9 Å². The van der Waals surface area contributed by atoms with Crippen molar-refractivity contribution in [2.75, 3.05) is 0 Å². The number of amides is 2. The Kier molecular flexibility index (Phi) is 7.41. The van der Waals surface area contributed by atoms with Crippen LogP contribution in [0.1, 0.15) is 25.7 Å². The number of carbonyl (C=O) groups excluding carboxylic acids is 2. The molecule has 2 fully saturated rings. The molecule has 2 aromatic carbocycles. The minimum atomic E-state index is -0.218. The predicted octanol–water partition coefficient (Wildman–Crippen LogP) is 4.17. The molecule has 14 heteroatoms. The summed E-state index contributed by atoms with van der Waals surface area (Å²) in [6, 6.07) is 14.3. The van der Waals surface area contributed by atoms with Crippen LogP contribution in [0.4, 0.5) is 0 Å². The molecule has 6 heterocycles. The van der Waals surface area contributed by atoms with Crippen LogP contribution >= 0.6 is 23.2 Å². The summed E-state index contributed by atoms with van der Waals surface area (Å²) in [5.41, 5.74) is 3.96. The maximum atomic E-state index is 13.3. The lowest BCUT2D eigenvalue weighted by atomic mass is 9.98. The minimum Gasteiger partial charge on any atom is -0.352 e. The normalized spacial score (nSPS) is 17.8. The molecule has 2 aliphatic heterocycles. The lowest BCUT2D eigenvalue weighted by Gasteiger charge is -2.12. The van der Waals surface area contributed by atoms with Gasteiger partial charge in [0.05, 0.1) is 21.4 Å². The lowest BCUT2D eigenvalue weighted by Crippen LogP contribution is -2.34. The molecule has 0 bridgehead atoms. The molecule has 8 rings (SSSR count). The van der Waals surface area contributed by atoms with E-state index in [0.717, 1.165) is 0 Å². The fourth-order valence-corrected chi connectivity index (χ4v) is 7.23. The van der Waals surface area contributed by atoms with Gasteiger partial charge in [0.25, 0.3) is 11.1 Å². The number of carbonyl (C=O) groups is 2. The van der Waals surface area contributed by atoms with Gasteiger partial charge in [-0.3, -0.25) is 19.2 Å². The zero-order valence-electron chi connectivity index (χ0n) is 25.4. The maximum Gasteiger partial charge on any atom is 0.276 e. The topological polar surface area (TPSA) is 137 Å². The summed E-state index contributed by atoms with van der Waals surface area (Å²) in [6.45, 7) is 0.768. The molecule has 4 aromatic heterocycles. The molecule has 242 valence electrons. The molecule has 0 radical (unpaired) electrons. The summed E-state index contributed by atoms with van der Waals surface area (Å²) >= 11 is 14.1. The molecule has 2 atom stereocenters. The van der Waals surface area contributed by atoms with Gasteiger partial charge in [-0.2, -0.15) is 10.2 Å². The van der Waals surface area contributed by atoms with Crippen LogP contribution in [0.3, 0.4) is 0 Å². The van der Waals surface area contributed by atoms with Crippen molar-refractivity contribution in [1.29, 1.82) is 0 Å². The number of hydrogen-bond donors (Lipinski definition) is 2. The molecule has 2 N–H and O–H groups in total. The monoisotopic (exact) mass is 682 g/mol. The Morgan fingerprint density at radius 1 is 0.625 bits per heavy atom. The Labute approximate surface area is 282 Å². The van der Waals surface area contributed by atoms with Crippen LogP contribution in [-0.2, 0) is 22.7 Å². The Bertz CT molecular complexity index is 2240. The molecule has 48 heavy (non-hydrogen) atoms. The van der Waals surface area contributed by atoms with Gasteiger partial charge in [0.2, 0.25) is 11.8 Å². The Morgan fingerprint density at radius 3 is 1.44 bits per heavy atom. The van der Waals surface area contributed by atoms with Crippen molar-refractivity contribution < 1.29 is 9.59 Å². The van der Waals surface area contributed by atoms with Crippen molar-refractivity contribution >= 4 is 46.0 Å². The van der Waals surface area contributed by atoms with Crippen LogP contribution in [-0.4, -0.2) is 52.3 Å². The van der Waals surface area contributed by atoms with E-state index < -0.39 is 0 Å². The molecule has 2 amide bonds. The summed E-state index contributed by atoms with van der Waals surface area (Å²) in [7, 11) is 0. The van der Waals surface area contributed by atoms with Gasteiger partial charge in [0, 0.05) is 85.1 Å². The second-order valence-corrected chi connectivity index (χ2v) is 12.9. The van der Waals surface area contributed by atoms with E-state index in [0.29, 0.717) is 93.5 Å². The van der Waals surface area contributed by atoms with Crippen molar-refractivity contribution in [3.63, 3.8) is 0 Å². The average Bonchev–Trinajstić information content (AvgIpc) is 3.88. The number of fused-ring (bicyclic) bond motifs is 2. The smallest absolute Gasteiger partial charge is 0.276 e. The van der Waals surface area contributed by atoms with Crippen molar-refractivity contribution in [3.05, 3.63) is 104 Å². The van der Waals surface area contributed by atoms with Crippen molar-refractivity contribution in [3.8, 4) is 33.6 Å². The molecule has 6 aromatic rings. The third kappa shape index (κ3) is 5.26. The minimum absolute atomic E-state index is 0.00300. The summed E-state index contributed by atoms with van der Waals surface area (Å²) in [6.07, 6.45) is 9.06. The fourth-order valence-electron chi connectivity index (χ4n) is 6.58. The first-order valence-corrected chi connectivity index (χ1v) is 16.3. The summed E-state index contributed by atoms with van der Waals surface area (Å²) in [5, 5.41) is 15.9. The Balaban J connectivity index is 1.12. The van der Waals surface area contributed by atoms with E-state index in [1.165, 1.54) is 9.03 Å². The van der Waals surface area contributed by atoms with Crippen LogP contribution in [0.25, 0.3) is 44.7 Å². The van der Waals surface area contributed by atoms with Gasteiger partial charge >= 0.3 is 0 Å². The van der Waals surface area contributed by atoms with E-state index in [-0.39, 0.29) is 35.0 Å². The van der Waals surface area contributed by atoms with Gasteiger partial charge in [0.15, 0.2) is 0 Å².